The van der Waals surface area contributed by atoms with Crippen molar-refractivity contribution < 1.29 is 39.5 Å². The molecule has 0 radical (unpaired) electrons. The fourth-order valence-corrected chi connectivity index (χ4v) is 7.77. The number of rotatable bonds is 19. The minimum Gasteiger partial charge on any atom is -0.480 e. The topological polar surface area (TPSA) is 149 Å². The Kier molecular flexibility index (Phi) is 15.6. The van der Waals surface area contributed by atoms with Crippen molar-refractivity contribution in [2.24, 2.45) is 0 Å². The van der Waals surface area contributed by atoms with Crippen LogP contribution in [0.2, 0.25) is 0 Å². The Morgan fingerprint density at radius 2 is 1.79 bits per heavy atom. The van der Waals surface area contributed by atoms with E-state index in [1.165, 1.54) is 16.7 Å². The fourth-order valence-electron chi connectivity index (χ4n) is 4.02. The van der Waals surface area contributed by atoms with Crippen LogP contribution in [0.15, 0.2) is 30.3 Å². The van der Waals surface area contributed by atoms with Crippen molar-refractivity contribution in [1.29, 1.82) is 0 Å². The molecule has 11 nitrogen and oxygen atoms in total. The van der Waals surface area contributed by atoms with Crippen molar-refractivity contribution in [3.63, 3.8) is 0 Å². The third-order valence-electron chi connectivity index (χ3n) is 6.00. The predicted octanol–water partition coefficient (Wildman–Crippen LogP) is 2.75. The molecule has 0 spiro atoms. The highest BCUT2D eigenvalue weighted by atomic mass is 32.2. The molecule has 0 bridgehead atoms. The second-order valence-electron chi connectivity index (χ2n) is 8.88. The van der Waals surface area contributed by atoms with Gasteiger partial charge < -0.3 is 14.7 Å². The molecule has 0 saturated carbocycles. The van der Waals surface area contributed by atoms with Crippen LogP contribution in [0.4, 0.5) is 0 Å². The summed E-state index contributed by atoms with van der Waals surface area (Å²) in [6.45, 7) is 3.82. The number of carbonyl (C=O) groups excluding carboxylic acids is 2. The van der Waals surface area contributed by atoms with E-state index in [1.807, 2.05) is 37.3 Å². The third kappa shape index (κ3) is 12.7. The summed E-state index contributed by atoms with van der Waals surface area (Å²) in [5.74, 6) is 0.925. The van der Waals surface area contributed by atoms with Gasteiger partial charge in [-0.05, 0) is 31.7 Å². The Hall–Kier alpha value is -1.52. The highest BCUT2D eigenvalue weighted by Crippen LogP contribution is 2.46. The Balaban J connectivity index is 2.01. The summed E-state index contributed by atoms with van der Waals surface area (Å²) >= 11 is 4.93. The number of aryl methyl sites for hydroxylation is 1. The van der Waals surface area contributed by atoms with Gasteiger partial charge in [-0.2, -0.15) is 11.8 Å². The molecule has 2 atom stereocenters. The van der Waals surface area contributed by atoms with Crippen molar-refractivity contribution in [3.8, 4) is 0 Å². The Morgan fingerprint density at radius 1 is 1.13 bits per heavy atom. The molecular formula is C25H39N3O8S3. The molecule has 1 aromatic carbocycles. The first kappa shape index (κ1) is 33.7. The maximum Gasteiger partial charge on any atom is 0.323 e. The number of carboxylic acids is 1. The number of thioether (sulfide) groups is 3. The molecule has 1 aliphatic heterocycles. The van der Waals surface area contributed by atoms with Gasteiger partial charge in [0.05, 0.1) is 22.1 Å². The van der Waals surface area contributed by atoms with E-state index in [9.17, 15) is 19.5 Å². The number of hydrogen-bond donors (Lipinski definition) is 4. The van der Waals surface area contributed by atoms with Gasteiger partial charge in [-0.1, -0.05) is 37.3 Å². The maximum atomic E-state index is 13.4. The number of ether oxygens (including phenoxy) is 1. The van der Waals surface area contributed by atoms with E-state index >= 15 is 0 Å². The van der Waals surface area contributed by atoms with E-state index in [1.54, 1.807) is 30.4 Å². The number of nitrogens with zero attached hydrogens (tertiary/aromatic N) is 2. The van der Waals surface area contributed by atoms with Gasteiger partial charge in [0.25, 0.3) is 0 Å². The van der Waals surface area contributed by atoms with Gasteiger partial charge in [-0.15, -0.1) is 23.5 Å². The molecule has 1 aliphatic rings. The molecule has 1 aromatic rings. The van der Waals surface area contributed by atoms with Gasteiger partial charge in [-0.25, -0.2) is 4.84 Å². The summed E-state index contributed by atoms with van der Waals surface area (Å²) in [6.07, 6.45) is 1.79. The Morgan fingerprint density at radius 3 is 2.41 bits per heavy atom. The van der Waals surface area contributed by atoms with Gasteiger partial charge in [0, 0.05) is 29.6 Å². The molecule has 1 saturated heterocycles. The van der Waals surface area contributed by atoms with Crippen molar-refractivity contribution >= 4 is 53.1 Å². The van der Waals surface area contributed by atoms with Crippen LogP contribution in [0.25, 0.3) is 0 Å². The van der Waals surface area contributed by atoms with Gasteiger partial charge >= 0.3 is 11.9 Å². The SMILES string of the molecule is CCC1(CN(CC(=O)O)C(=O)C(C)NC(CCc2ccccc2)C(=O)OCCSCCON(O)O)SCCS1. The average molecular weight is 606 g/mol. The Labute approximate surface area is 242 Å². The molecule has 1 heterocycles. The minimum atomic E-state index is -1.08. The standard InChI is InChI=1S/C25H39N3O8S3/c1-3-25(38-15-16-39-25)18-27(17-22(29)30)23(31)19(2)26-21(10-9-20-7-5-4-6-8-20)24(32)35-11-13-37-14-12-36-28(33)34/h4-8,19,21,26,33-34H,3,9-18H2,1-2H3,(H,29,30). The summed E-state index contributed by atoms with van der Waals surface area (Å²) in [4.78, 5) is 43.9. The monoisotopic (exact) mass is 605 g/mol. The van der Waals surface area contributed by atoms with Gasteiger partial charge in [0.1, 0.15) is 19.2 Å². The molecule has 1 fully saturated rings. The number of amides is 1. The van der Waals surface area contributed by atoms with Crippen LogP contribution < -0.4 is 5.32 Å². The zero-order valence-corrected chi connectivity index (χ0v) is 24.8. The molecule has 0 aromatic heterocycles. The third-order valence-corrected chi connectivity index (χ3v) is 10.6. The van der Waals surface area contributed by atoms with Crippen molar-refractivity contribution in [2.45, 2.75) is 49.3 Å². The molecule has 39 heavy (non-hydrogen) atoms. The Bertz CT molecular complexity index is 891. The van der Waals surface area contributed by atoms with Crippen molar-refractivity contribution in [1.82, 2.24) is 15.6 Å². The van der Waals surface area contributed by atoms with Gasteiger partial charge in [-0.3, -0.25) is 30.1 Å². The number of aliphatic carboxylic acids is 1. The zero-order valence-electron chi connectivity index (χ0n) is 22.3. The highest BCUT2D eigenvalue weighted by Gasteiger charge is 2.38. The van der Waals surface area contributed by atoms with E-state index in [0.29, 0.717) is 30.9 Å². The normalized spacial score (nSPS) is 16.1. The van der Waals surface area contributed by atoms with Crippen LogP contribution in [0, 0.1) is 0 Å². The lowest BCUT2D eigenvalue weighted by atomic mass is 10.0. The van der Waals surface area contributed by atoms with Crippen LogP contribution in [0.1, 0.15) is 32.3 Å². The first-order valence-electron chi connectivity index (χ1n) is 12.8. The molecule has 220 valence electrons. The number of benzene rings is 1. The van der Waals surface area contributed by atoms with Crippen LogP contribution in [-0.2, 0) is 30.4 Å². The lowest BCUT2D eigenvalue weighted by Gasteiger charge is -2.34. The van der Waals surface area contributed by atoms with E-state index < -0.39 is 30.6 Å². The lowest BCUT2D eigenvalue weighted by Crippen LogP contribution is -2.54. The number of carboxylic acid groups (broad SMARTS) is 1. The molecule has 2 unspecified atom stereocenters. The first-order chi connectivity index (χ1) is 18.7. The van der Waals surface area contributed by atoms with Crippen LogP contribution in [-0.4, -0.2) is 109 Å². The van der Waals surface area contributed by atoms with E-state index in [4.69, 9.17) is 15.2 Å². The smallest absolute Gasteiger partial charge is 0.323 e. The molecule has 2 rings (SSSR count). The summed E-state index contributed by atoms with van der Waals surface area (Å²) < 4.78 is 5.24. The summed E-state index contributed by atoms with van der Waals surface area (Å²) in [7, 11) is 0. The summed E-state index contributed by atoms with van der Waals surface area (Å²) in [5.41, 5.74) is 1.04. The number of carbonyl (C=O) groups is 3. The molecular weight excluding hydrogens is 566 g/mol. The number of nitrogens with one attached hydrogen (secondary N) is 1. The predicted molar refractivity (Wildman–Crippen MR) is 153 cm³/mol. The van der Waals surface area contributed by atoms with Crippen molar-refractivity contribution in [3.05, 3.63) is 35.9 Å². The second-order valence-corrected chi connectivity index (χ2v) is 13.3. The lowest BCUT2D eigenvalue weighted by molar-refractivity contribution is -0.490. The van der Waals surface area contributed by atoms with Gasteiger partial charge in [0.2, 0.25) is 5.91 Å². The largest absolute Gasteiger partial charge is 0.480 e. The molecule has 4 N–H and O–H groups in total. The maximum absolute atomic E-state index is 13.4. The first-order valence-corrected chi connectivity index (χ1v) is 15.9. The molecule has 1 amide bonds. The average Bonchev–Trinajstić information content (AvgIpc) is 3.38. The number of esters is 1. The van der Waals surface area contributed by atoms with Crippen LogP contribution in [0.3, 0.4) is 0 Å². The molecule has 0 aliphatic carbocycles. The quantitative estimate of drug-likeness (QED) is 0.104. The van der Waals surface area contributed by atoms with Crippen LogP contribution in [0.5, 0.6) is 0 Å². The second kappa shape index (κ2) is 18.0. The summed E-state index contributed by atoms with van der Waals surface area (Å²) in [5, 5.41) is 29.3. The van der Waals surface area contributed by atoms with E-state index in [0.717, 1.165) is 23.5 Å². The van der Waals surface area contributed by atoms with E-state index in [-0.39, 0.29) is 28.6 Å². The fraction of sp³-hybridized carbons (Fsp3) is 0.640. The number of hydrogen-bond acceptors (Lipinski definition) is 12. The van der Waals surface area contributed by atoms with Crippen LogP contribution >= 0.6 is 35.3 Å². The minimum absolute atomic E-state index is 0.0790. The highest BCUT2D eigenvalue weighted by molar-refractivity contribution is 8.21. The van der Waals surface area contributed by atoms with Gasteiger partial charge in [0.15, 0.2) is 0 Å². The zero-order chi connectivity index (χ0) is 28.7. The molecule has 14 heteroatoms. The van der Waals surface area contributed by atoms with Crippen molar-refractivity contribution in [2.75, 3.05) is 49.3 Å². The summed E-state index contributed by atoms with van der Waals surface area (Å²) in [6, 6.07) is 8.11. The van der Waals surface area contributed by atoms with E-state index in [2.05, 4.69) is 10.2 Å².